The molecule has 9 nitrogen and oxygen atoms in total. The van der Waals surface area contributed by atoms with Crippen LogP contribution in [-0.2, 0) is 10.0 Å². The molecule has 6 N–H and O–H groups in total. The molecular formula is C18H22N6O3S. The Labute approximate surface area is 162 Å². The van der Waals surface area contributed by atoms with Crippen molar-refractivity contribution in [2.24, 2.45) is 11.5 Å². The van der Waals surface area contributed by atoms with Gasteiger partial charge in [0.25, 0.3) is 0 Å². The molecule has 1 aromatic carbocycles. The zero-order valence-corrected chi connectivity index (χ0v) is 16.0. The molecule has 0 aliphatic heterocycles. The molecule has 0 radical (unpaired) electrons. The van der Waals surface area contributed by atoms with E-state index in [9.17, 15) is 13.2 Å². The van der Waals surface area contributed by atoms with E-state index in [2.05, 4.69) is 20.0 Å². The Kier molecular flexibility index (Phi) is 6.02. The van der Waals surface area contributed by atoms with Crippen LogP contribution in [0.2, 0.25) is 0 Å². The minimum Gasteiger partial charge on any atom is -0.369 e. The van der Waals surface area contributed by atoms with Crippen molar-refractivity contribution in [2.75, 3.05) is 30.7 Å². The summed E-state index contributed by atoms with van der Waals surface area (Å²) in [4.78, 5) is 20.3. The lowest BCUT2D eigenvalue weighted by Crippen LogP contribution is -2.31. The standard InChI is InChI=1S/C18H22N6O3S/c19-5-9-28(26,27)23-7-1-6-22-18-14-4-8-21-11-15(14)13-3-2-12(17(20)25)10-16(13)24-18/h2-4,8,10-11,23H,1,5-7,9,19H2,(H2,20,25)(H,22,24). The smallest absolute Gasteiger partial charge is 0.248 e. The van der Waals surface area contributed by atoms with Crippen LogP contribution in [0.3, 0.4) is 0 Å². The second-order valence-corrected chi connectivity index (χ2v) is 8.19. The lowest BCUT2D eigenvalue weighted by Gasteiger charge is -2.12. The predicted octanol–water partition coefficient (Wildman–Crippen LogP) is 0.562. The zero-order chi connectivity index (χ0) is 20.1. The summed E-state index contributed by atoms with van der Waals surface area (Å²) in [6, 6.07) is 6.98. The SMILES string of the molecule is NCCS(=O)(=O)NCCCNc1nc2cc(C(N)=O)ccc2c2cnccc12. The number of nitrogens with two attached hydrogens (primary N) is 2. The van der Waals surface area contributed by atoms with Gasteiger partial charge in [-0.1, -0.05) is 6.07 Å². The summed E-state index contributed by atoms with van der Waals surface area (Å²) in [5.74, 6) is 0.0255. The summed E-state index contributed by atoms with van der Waals surface area (Å²) in [5.41, 5.74) is 11.6. The third-order valence-electron chi connectivity index (χ3n) is 4.24. The third-order valence-corrected chi connectivity index (χ3v) is 5.65. The van der Waals surface area contributed by atoms with Crippen molar-refractivity contribution in [3.63, 3.8) is 0 Å². The third kappa shape index (κ3) is 4.53. The van der Waals surface area contributed by atoms with Crippen molar-refractivity contribution in [3.8, 4) is 0 Å². The molecule has 2 aromatic heterocycles. The quantitative estimate of drug-likeness (QED) is 0.301. The molecule has 0 bridgehead atoms. The number of carbonyl (C=O) groups excluding carboxylic acids is 1. The molecule has 0 saturated carbocycles. The maximum absolute atomic E-state index is 11.6. The van der Waals surface area contributed by atoms with Crippen molar-refractivity contribution < 1.29 is 13.2 Å². The Bertz CT molecular complexity index is 1120. The fourth-order valence-electron chi connectivity index (χ4n) is 2.89. The van der Waals surface area contributed by atoms with Gasteiger partial charge in [-0.3, -0.25) is 9.78 Å². The molecule has 2 heterocycles. The number of fused-ring (bicyclic) bond motifs is 3. The number of rotatable bonds is 9. The van der Waals surface area contributed by atoms with E-state index in [1.54, 1.807) is 24.5 Å². The van der Waals surface area contributed by atoms with Crippen LogP contribution in [0.1, 0.15) is 16.8 Å². The Hall–Kier alpha value is -2.82. The van der Waals surface area contributed by atoms with Crippen LogP contribution in [-0.4, -0.2) is 49.7 Å². The van der Waals surface area contributed by atoms with Crippen LogP contribution in [0.5, 0.6) is 0 Å². The molecule has 0 aliphatic rings. The van der Waals surface area contributed by atoms with Gasteiger partial charge in [-0.05, 0) is 24.6 Å². The lowest BCUT2D eigenvalue weighted by molar-refractivity contribution is 0.100. The van der Waals surface area contributed by atoms with Gasteiger partial charge in [0.1, 0.15) is 5.82 Å². The minimum atomic E-state index is -3.32. The molecular weight excluding hydrogens is 380 g/mol. The number of sulfonamides is 1. The van der Waals surface area contributed by atoms with Gasteiger partial charge in [0.2, 0.25) is 15.9 Å². The Morgan fingerprint density at radius 2 is 1.93 bits per heavy atom. The molecule has 0 unspecified atom stereocenters. The van der Waals surface area contributed by atoms with E-state index in [1.165, 1.54) is 0 Å². The molecule has 3 aromatic rings. The van der Waals surface area contributed by atoms with Crippen molar-refractivity contribution in [2.45, 2.75) is 6.42 Å². The summed E-state index contributed by atoms with van der Waals surface area (Å²) in [6.07, 6.45) is 3.99. The summed E-state index contributed by atoms with van der Waals surface area (Å²) in [7, 11) is -3.32. The number of nitrogens with one attached hydrogen (secondary N) is 2. The molecule has 28 heavy (non-hydrogen) atoms. The van der Waals surface area contributed by atoms with E-state index in [4.69, 9.17) is 11.5 Å². The highest BCUT2D eigenvalue weighted by Crippen LogP contribution is 2.29. The summed E-state index contributed by atoms with van der Waals surface area (Å²) < 4.78 is 25.7. The van der Waals surface area contributed by atoms with E-state index in [0.717, 1.165) is 16.2 Å². The van der Waals surface area contributed by atoms with Gasteiger partial charge in [-0.25, -0.2) is 18.1 Å². The number of carbonyl (C=O) groups is 1. The van der Waals surface area contributed by atoms with Crippen LogP contribution in [0.4, 0.5) is 5.82 Å². The number of benzene rings is 1. The summed E-state index contributed by atoms with van der Waals surface area (Å²) >= 11 is 0. The molecule has 0 aliphatic carbocycles. The van der Waals surface area contributed by atoms with Crippen LogP contribution >= 0.6 is 0 Å². The predicted molar refractivity (Wildman–Crippen MR) is 110 cm³/mol. The average Bonchev–Trinajstić information content (AvgIpc) is 2.67. The van der Waals surface area contributed by atoms with Crippen LogP contribution in [0, 0.1) is 0 Å². The maximum Gasteiger partial charge on any atom is 0.248 e. The Morgan fingerprint density at radius 1 is 1.11 bits per heavy atom. The van der Waals surface area contributed by atoms with Gasteiger partial charge in [0.05, 0.1) is 11.3 Å². The van der Waals surface area contributed by atoms with Crippen LogP contribution in [0.15, 0.2) is 36.7 Å². The van der Waals surface area contributed by atoms with Gasteiger partial charge in [-0.15, -0.1) is 0 Å². The van der Waals surface area contributed by atoms with Crippen molar-refractivity contribution in [1.82, 2.24) is 14.7 Å². The number of anilines is 1. The second kappa shape index (κ2) is 8.46. The maximum atomic E-state index is 11.6. The first-order valence-corrected chi connectivity index (χ1v) is 10.4. The first-order chi connectivity index (χ1) is 13.4. The second-order valence-electron chi connectivity index (χ2n) is 6.26. The number of aromatic nitrogens is 2. The highest BCUT2D eigenvalue weighted by Gasteiger charge is 2.11. The average molecular weight is 402 g/mol. The lowest BCUT2D eigenvalue weighted by atomic mass is 10.1. The van der Waals surface area contributed by atoms with Crippen molar-refractivity contribution in [1.29, 1.82) is 0 Å². The molecule has 0 atom stereocenters. The van der Waals surface area contributed by atoms with Gasteiger partial charge >= 0.3 is 0 Å². The fourth-order valence-corrected chi connectivity index (χ4v) is 3.80. The molecule has 1 amide bonds. The first-order valence-electron chi connectivity index (χ1n) is 8.80. The van der Waals surface area contributed by atoms with Crippen LogP contribution in [0.25, 0.3) is 21.7 Å². The number of primary amides is 1. The first kappa shape index (κ1) is 19.9. The number of amides is 1. The largest absolute Gasteiger partial charge is 0.369 e. The zero-order valence-electron chi connectivity index (χ0n) is 15.2. The van der Waals surface area contributed by atoms with E-state index in [-0.39, 0.29) is 12.3 Å². The summed E-state index contributed by atoms with van der Waals surface area (Å²) in [5, 5.41) is 5.89. The Morgan fingerprint density at radius 3 is 2.68 bits per heavy atom. The minimum absolute atomic E-state index is 0.0852. The number of nitrogens with zero attached hydrogens (tertiary/aromatic N) is 2. The summed E-state index contributed by atoms with van der Waals surface area (Å²) in [6.45, 7) is 0.896. The van der Waals surface area contributed by atoms with Crippen molar-refractivity contribution >= 4 is 43.4 Å². The van der Waals surface area contributed by atoms with Gasteiger partial charge in [0, 0.05) is 53.8 Å². The van der Waals surface area contributed by atoms with E-state index in [1.807, 2.05) is 12.1 Å². The molecule has 0 saturated heterocycles. The van der Waals surface area contributed by atoms with Crippen molar-refractivity contribution in [3.05, 3.63) is 42.2 Å². The monoisotopic (exact) mass is 402 g/mol. The topological polar surface area (TPSA) is 153 Å². The van der Waals surface area contributed by atoms with E-state index >= 15 is 0 Å². The number of hydrogen-bond donors (Lipinski definition) is 4. The Balaban J connectivity index is 1.80. The highest BCUT2D eigenvalue weighted by molar-refractivity contribution is 7.89. The van der Waals surface area contributed by atoms with Crippen LogP contribution < -0.4 is 21.5 Å². The van der Waals surface area contributed by atoms with Gasteiger partial charge in [0.15, 0.2) is 0 Å². The molecule has 3 rings (SSSR count). The molecule has 0 spiro atoms. The van der Waals surface area contributed by atoms with Gasteiger partial charge < -0.3 is 16.8 Å². The molecule has 10 heteroatoms. The van der Waals surface area contributed by atoms with Gasteiger partial charge in [-0.2, -0.15) is 0 Å². The number of hydrogen-bond acceptors (Lipinski definition) is 7. The number of pyridine rings is 2. The normalized spacial score (nSPS) is 11.8. The van der Waals surface area contributed by atoms with E-state index < -0.39 is 15.9 Å². The molecule has 148 valence electrons. The highest BCUT2D eigenvalue weighted by atomic mass is 32.2. The van der Waals surface area contributed by atoms with E-state index in [0.29, 0.717) is 36.4 Å². The fraction of sp³-hybridized carbons (Fsp3) is 0.278. The molecule has 0 fully saturated rings.